The number of hydrogen-bond donors (Lipinski definition) is 3. The lowest BCUT2D eigenvalue weighted by Crippen LogP contribution is -2.36. The second-order valence-electron chi connectivity index (χ2n) is 10.7. The molecule has 2 fully saturated rings. The van der Waals surface area contributed by atoms with Crippen molar-refractivity contribution in [1.29, 1.82) is 0 Å². The second-order valence-corrected chi connectivity index (χ2v) is 11.9. The molecule has 0 heterocycles. The summed E-state index contributed by atoms with van der Waals surface area (Å²) in [5.74, 6) is -0.233. The summed E-state index contributed by atoms with van der Waals surface area (Å²) in [7, 11) is -4.94. The zero-order valence-electron chi connectivity index (χ0n) is 21.1. The molecule has 0 bridgehead atoms. The summed E-state index contributed by atoms with van der Waals surface area (Å²) >= 11 is 0. The molecule has 1 amide bonds. The predicted octanol–water partition coefficient (Wildman–Crippen LogP) is 6.55. The van der Waals surface area contributed by atoms with Gasteiger partial charge >= 0.3 is 20.1 Å². The first-order chi connectivity index (χ1) is 17.7. The fourth-order valence-corrected chi connectivity index (χ4v) is 6.35. The Hall–Kier alpha value is -2.33. The molecule has 2 aliphatic rings. The van der Waals surface area contributed by atoms with Crippen molar-refractivity contribution in [2.45, 2.75) is 82.6 Å². The molecule has 0 saturated heterocycles. The molecule has 4 N–H and O–H groups in total. The minimum Gasteiger partial charge on any atom is -0.490 e. The number of phosphoric ester groups is 1. The number of benzene rings is 2. The quantitative estimate of drug-likeness (QED) is 0.328. The summed E-state index contributed by atoms with van der Waals surface area (Å²) in [6.45, 7) is 0.515. The van der Waals surface area contributed by atoms with Crippen LogP contribution in [0.5, 0.6) is 5.75 Å². The van der Waals surface area contributed by atoms with Crippen LogP contribution in [0.25, 0.3) is 10.8 Å². The fraction of sp³-hybridized carbons (Fsp3) is 0.577. The van der Waals surface area contributed by atoms with Gasteiger partial charge in [0.05, 0.1) is 6.10 Å². The summed E-state index contributed by atoms with van der Waals surface area (Å²) in [6, 6.07) is 6.61. The van der Waals surface area contributed by atoms with Gasteiger partial charge in [0.2, 0.25) is 0 Å². The highest BCUT2D eigenvalue weighted by atomic mass is 31.2. The van der Waals surface area contributed by atoms with Gasteiger partial charge in [-0.15, -0.1) is 0 Å². The summed E-state index contributed by atoms with van der Waals surface area (Å²) in [5, 5.41) is 0.0538. The molecule has 8 nitrogen and oxygen atoms in total. The highest BCUT2D eigenvalue weighted by Gasteiger charge is 2.40. The minimum absolute atomic E-state index is 0.115. The van der Waals surface area contributed by atoms with E-state index in [0.29, 0.717) is 5.41 Å². The lowest BCUT2D eigenvalue weighted by Gasteiger charge is -2.43. The Balaban J connectivity index is 1.63. The van der Waals surface area contributed by atoms with Crippen molar-refractivity contribution < 1.29 is 46.3 Å². The first kappa shape index (κ1) is 28.7. The van der Waals surface area contributed by atoms with Gasteiger partial charge in [-0.2, -0.15) is 13.2 Å². The van der Waals surface area contributed by atoms with E-state index in [1.807, 2.05) is 0 Å². The number of rotatable bonds is 7. The Morgan fingerprint density at radius 3 is 2.32 bits per heavy atom. The van der Waals surface area contributed by atoms with Crippen LogP contribution in [0.4, 0.5) is 18.0 Å². The van der Waals surface area contributed by atoms with E-state index in [-0.39, 0.29) is 28.2 Å². The zero-order chi connectivity index (χ0) is 27.8. The van der Waals surface area contributed by atoms with Crippen molar-refractivity contribution in [2.75, 3.05) is 6.61 Å². The predicted molar refractivity (Wildman–Crippen MR) is 133 cm³/mol. The number of fused-ring (bicyclic) bond motifs is 1. The Morgan fingerprint density at radius 2 is 1.74 bits per heavy atom. The number of alkyl halides is 3. The van der Waals surface area contributed by atoms with Crippen molar-refractivity contribution in [3.05, 3.63) is 41.5 Å². The summed E-state index contributed by atoms with van der Waals surface area (Å²) in [4.78, 5) is 29.6. The van der Waals surface area contributed by atoms with Crippen LogP contribution in [-0.2, 0) is 25.6 Å². The van der Waals surface area contributed by atoms with Crippen molar-refractivity contribution >= 4 is 24.7 Å². The number of hydrogen-bond acceptors (Lipinski definition) is 5. The third-order valence-corrected chi connectivity index (χ3v) is 8.38. The van der Waals surface area contributed by atoms with Crippen molar-refractivity contribution in [3.8, 4) is 5.75 Å². The number of halogens is 3. The molecule has 38 heavy (non-hydrogen) atoms. The number of carbonyl (C=O) groups is 1. The molecule has 0 radical (unpaired) electrons. The van der Waals surface area contributed by atoms with E-state index in [1.165, 1.54) is 69.4 Å². The van der Waals surface area contributed by atoms with Gasteiger partial charge in [-0.05, 0) is 79.3 Å². The average Bonchev–Trinajstić information content (AvgIpc) is 2.83. The number of phosphoric acid groups is 1. The van der Waals surface area contributed by atoms with Crippen LogP contribution >= 0.6 is 7.82 Å². The molecular formula is C26H33F3NO7P. The number of carbonyl (C=O) groups excluding carboxylic acids is 1. The summed E-state index contributed by atoms with van der Waals surface area (Å²) < 4.78 is 69.7. The first-order valence-corrected chi connectivity index (χ1v) is 14.2. The van der Waals surface area contributed by atoms with Gasteiger partial charge in [0.15, 0.2) is 5.60 Å². The van der Waals surface area contributed by atoms with E-state index < -0.39 is 37.9 Å². The SMILES string of the molecule is CC(COP(=O)(O)O)(OC(N)=O)c1ccc2c(C(F)(F)F)c(OC3CCC4(CCCCC4)CC3)ccc2c1. The van der Waals surface area contributed by atoms with Crippen LogP contribution in [-0.4, -0.2) is 28.6 Å². The zero-order valence-corrected chi connectivity index (χ0v) is 22.0. The third kappa shape index (κ3) is 6.62. The number of ether oxygens (including phenoxy) is 2. The fourth-order valence-electron chi connectivity index (χ4n) is 5.93. The minimum atomic E-state index is -4.94. The molecule has 4 rings (SSSR count). The third-order valence-electron chi connectivity index (χ3n) is 7.91. The largest absolute Gasteiger partial charge is 0.490 e. The molecule has 12 heteroatoms. The van der Waals surface area contributed by atoms with E-state index in [9.17, 15) is 22.5 Å². The van der Waals surface area contributed by atoms with Crippen LogP contribution in [0.2, 0.25) is 0 Å². The lowest BCUT2D eigenvalue weighted by atomic mass is 9.65. The average molecular weight is 560 g/mol. The maximum atomic E-state index is 14.3. The topological polar surface area (TPSA) is 128 Å². The normalized spacial score (nSPS) is 20.3. The standard InChI is InChI=1S/C26H33F3NO7P/c1-24(37-23(30)31,16-35-38(32,33)34)18-6-7-20-17(15-18)5-8-21(22(20)26(27,28)29)36-19-9-13-25(14-10-19)11-3-2-4-12-25/h5-8,15,19H,2-4,9-14,16H2,1H3,(H2,30,31)(H2,32,33,34). The van der Waals surface area contributed by atoms with Crippen molar-refractivity contribution in [2.24, 2.45) is 11.1 Å². The Kier molecular flexibility index (Phi) is 8.06. The molecule has 210 valence electrons. The number of nitrogens with two attached hydrogens (primary N) is 1. The molecule has 0 aromatic heterocycles. The maximum Gasteiger partial charge on any atom is 0.469 e. The molecule has 1 atom stereocenters. The Labute approximate surface area is 218 Å². The van der Waals surface area contributed by atoms with Crippen LogP contribution in [0.3, 0.4) is 0 Å². The molecule has 1 unspecified atom stereocenters. The van der Waals surface area contributed by atoms with E-state index in [4.69, 9.17) is 25.0 Å². The highest BCUT2D eigenvalue weighted by Crippen LogP contribution is 2.49. The molecule has 2 aromatic rings. The van der Waals surface area contributed by atoms with Crippen LogP contribution in [0.15, 0.2) is 30.3 Å². The van der Waals surface area contributed by atoms with Gasteiger partial charge in [-0.3, -0.25) is 4.52 Å². The smallest absolute Gasteiger partial charge is 0.469 e. The number of amides is 1. The van der Waals surface area contributed by atoms with Crippen LogP contribution in [0, 0.1) is 5.41 Å². The molecular weight excluding hydrogens is 526 g/mol. The maximum absolute atomic E-state index is 14.3. The highest BCUT2D eigenvalue weighted by molar-refractivity contribution is 7.46. The van der Waals surface area contributed by atoms with Gasteiger partial charge in [-0.1, -0.05) is 37.5 Å². The monoisotopic (exact) mass is 559 g/mol. The molecule has 1 spiro atoms. The van der Waals surface area contributed by atoms with Gasteiger partial charge in [-0.25, -0.2) is 9.36 Å². The number of primary amides is 1. The Bertz CT molecular complexity index is 1220. The van der Waals surface area contributed by atoms with Gasteiger partial charge < -0.3 is 25.0 Å². The molecule has 2 aliphatic carbocycles. The van der Waals surface area contributed by atoms with Crippen molar-refractivity contribution in [3.63, 3.8) is 0 Å². The summed E-state index contributed by atoms with van der Waals surface area (Å²) in [5.41, 5.74) is 2.91. The molecule has 2 saturated carbocycles. The van der Waals surface area contributed by atoms with E-state index in [1.54, 1.807) is 0 Å². The van der Waals surface area contributed by atoms with E-state index in [2.05, 4.69) is 4.52 Å². The lowest BCUT2D eigenvalue weighted by molar-refractivity contribution is -0.138. The summed E-state index contributed by atoms with van der Waals surface area (Å²) in [6.07, 6.45) is 3.17. The van der Waals surface area contributed by atoms with Crippen LogP contribution in [0.1, 0.15) is 75.8 Å². The first-order valence-electron chi connectivity index (χ1n) is 12.7. The molecule has 0 aliphatic heterocycles. The Morgan fingerprint density at radius 1 is 1.08 bits per heavy atom. The molecule has 2 aromatic carbocycles. The second kappa shape index (κ2) is 10.7. The van der Waals surface area contributed by atoms with Gasteiger partial charge in [0, 0.05) is 0 Å². The van der Waals surface area contributed by atoms with Crippen LogP contribution < -0.4 is 10.5 Å². The van der Waals surface area contributed by atoms with Gasteiger partial charge in [0.1, 0.15) is 17.9 Å². The van der Waals surface area contributed by atoms with E-state index in [0.717, 1.165) is 25.7 Å². The van der Waals surface area contributed by atoms with Crippen molar-refractivity contribution in [1.82, 2.24) is 0 Å². The van der Waals surface area contributed by atoms with E-state index >= 15 is 0 Å². The van der Waals surface area contributed by atoms with Gasteiger partial charge in [0.25, 0.3) is 0 Å².